The minimum Gasteiger partial charge on any atom is -0.166 e. The van der Waals surface area contributed by atoms with Gasteiger partial charge in [0.2, 0.25) is 0 Å². The quantitative estimate of drug-likeness (QED) is 0.412. The number of halogens is 3. The normalized spacial score (nSPS) is 12.3. The van der Waals surface area contributed by atoms with Crippen molar-refractivity contribution < 1.29 is 13.2 Å². The summed E-state index contributed by atoms with van der Waals surface area (Å²) in [4.78, 5) is 0. The molecular formula is C29H43F3. The Morgan fingerprint density at radius 3 is 1.53 bits per heavy atom. The Bertz CT molecular complexity index is 818. The van der Waals surface area contributed by atoms with Gasteiger partial charge < -0.3 is 0 Å². The molecule has 180 valence electrons. The van der Waals surface area contributed by atoms with E-state index in [0.29, 0.717) is 0 Å². The predicted octanol–water partition coefficient (Wildman–Crippen LogP) is 9.67. The first-order valence-electron chi connectivity index (χ1n) is 12.0. The summed E-state index contributed by atoms with van der Waals surface area (Å²) in [6.45, 7) is 17.1. The van der Waals surface area contributed by atoms with Crippen LogP contribution in [0.3, 0.4) is 0 Å². The highest BCUT2D eigenvalue weighted by atomic mass is 19.4. The van der Waals surface area contributed by atoms with E-state index in [-0.39, 0.29) is 10.8 Å². The standard InChI is InChI=1S/C15H21F3.C14H22/c1-5-6-7-11-8-9-12(15(16,17)18)10-13(11)14(2,3)4;1-5-6-9-12-10-7-8-11-13(12)14(2,3)4/h8-10H,5-7H2,1-4H3;7-8,10-11H,5-6,9H2,1-4H3. The lowest BCUT2D eigenvalue weighted by atomic mass is 9.81. The number of benzene rings is 2. The van der Waals surface area contributed by atoms with Gasteiger partial charge in [0.15, 0.2) is 0 Å². The van der Waals surface area contributed by atoms with Crippen molar-refractivity contribution in [2.75, 3.05) is 0 Å². The zero-order valence-electron chi connectivity index (χ0n) is 21.4. The fraction of sp³-hybridized carbons (Fsp3) is 0.586. The first-order chi connectivity index (χ1) is 14.7. The van der Waals surface area contributed by atoms with E-state index in [1.807, 2.05) is 20.8 Å². The van der Waals surface area contributed by atoms with Crippen molar-refractivity contribution in [1.82, 2.24) is 0 Å². The van der Waals surface area contributed by atoms with Gasteiger partial charge in [0.1, 0.15) is 0 Å². The van der Waals surface area contributed by atoms with Crippen LogP contribution in [0.1, 0.15) is 109 Å². The van der Waals surface area contributed by atoms with E-state index in [9.17, 15) is 13.2 Å². The lowest BCUT2D eigenvalue weighted by Crippen LogP contribution is -2.17. The minimum atomic E-state index is -4.26. The van der Waals surface area contributed by atoms with E-state index >= 15 is 0 Å². The molecule has 0 N–H and O–H groups in total. The van der Waals surface area contributed by atoms with Crippen LogP contribution in [-0.2, 0) is 29.8 Å². The third kappa shape index (κ3) is 9.00. The fourth-order valence-corrected chi connectivity index (χ4v) is 3.87. The van der Waals surface area contributed by atoms with Crippen LogP contribution < -0.4 is 0 Å². The first-order valence-corrected chi connectivity index (χ1v) is 12.0. The topological polar surface area (TPSA) is 0 Å². The molecule has 0 amide bonds. The van der Waals surface area contributed by atoms with Crippen molar-refractivity contribution in [3.05, 3.63) is 70.3 Å². The number of unbranched alkanes of at least 4 members (excludes halogenated alkanes) is 2. The maximum atomic E-state index is 12.7. The predicted molar refractivity (Wildman–Crippen MR) is 133 cm³/mol. The number of hydrogen-bond acceptors (Lipinski definition) is 0. The number of hydrogen-bond donors (Lipinski definition) is 0. The van der Waals surface area contributed by atoms with Gasteiger partial charge >= 0.3 is 6.18 Å². The summed E-state index contributed by atoms with van der Waals surface area (Å²) in [5.41, 5.74) is 4.36. The molecule has 0 aliphatic carbocycles. The highest BCUT2D eigenvalue weighted by molar-refractivity contribution is 5.38. The summed E-state index contributed by atoms with van der Waals surface area (Å²) in [5, 5.41) is 0. The van der Waals surface area contributed by atoms with Crippen LogP contribution in [0.4, 0.5) is 13.2 Å². The van der Waals surface area contributed by atoms with E-state index in [1.165, 1.54) is 42.5 Å². The molecule has 0 fully saturated rings. The van der Waals surface area contributed by atoms with Crippen LogP contribution >= 0.6 is 0 Å². The summed E-state index contributed by atoms with van der Waals surface area (Å²) in [7, 11) is 0. The molecule has 0 bridgehead atoms. The summed E-state index contributed by atoms with van der Waals surface area (Å²) in [6, 6.07) is 13.0. The Hall–Kier alpha value is -1.77. The molecule has 3 heteroatoms. The molecular weight excluding hydrogens is 405 g/mol. The van der Waals surface area contributed by atoms with Crippen LogP contribution in [0, 0.1) is 0 Å². The summed E-state index contributed by atoms with van der Waals surface area (Å²) < 4.78 is 38.2. The Labute approximate surface area is 194 Å². The summed E-state index contributed by atoms with van der Waals surface area (Å²) in [5.74, 6) is 0. The molecule has 0 saturated carbocycles. The van der Waals surface area contributed by atoms with Crippen molar-refractivity contribution in [3.8, 4) is 0 Å². The third-order valence-corrected chi connectivity index (χ3v) is 5.67. The van der Waals surface area contributed by atoms with E-state index in [4.69, 9.17) is 0 Å². The van der Waals surface area contributed by atoms with Crippen molar-refractivity contribution in [2.45, 2.75) is 111 Å². The molecule has 2 rings (SSSR count). The lowest BCUT2D eigenvalue weighted by molar-refractivity contribution is -0.137. The average Bonchev–Trinajstić information content (AvgIpc) is 2.69. The van der Waals surface area contributed by atoms with E-state index in [0.717, 1.165) is 30.4 Å². The number of rotatable bonds is 6. The molecule has 0 aromatic heterocycles. The van der Waals surface area contributed by atoms with Gasteiger partial charge in [-0.15, -0.1) is 0 Å². The van der Waals surface area contributed by atoms with Gasteiger partial charge in [0.25, 0.3) is 0 Å². The van der Waals surface area contributed by atoms with Crippen LogP contribution in [0.5, 0.6) is 0 Å². The molecule has 0 spiro atoms. The van der Waals surface area contributed by atoms with Gasteiger partial charge in [-0.3, -0.25) is 0 Å². The Kier molecular flexibility index (Phi) is 10.5. The van der Waals surface area contributed by atoms with Gasteiger partial charge in [-0.1, -0.05) is 98.6 Å². The number of aryl methyl sites for hydroxylation is 2. The Morgan fingerprint density at radius 1 is 0.625 bits per heavy atom. The van der Waals surface area contributed by atoms with Gasteiger partial charge in [0, 0.05) is 0 Å². The summed E-state index contributed by atoms with van der Waals surface area (Å²) >= 11 is 0. The maximum absolute atomic E-state index is 12.7. The van der Waals surface area contributed by atoms with Gasteiger partial charge in [-0.2, -0.15) is 13.2 Å². The zero-order chi connectivity index (χ0) is 24.6. The average molecular weight is 449 g/mol. The molecule has 0 saturated heterocycles. The van der Waals surface area contributed by atoms with Crippen molar-refractivity contribution in [3.63, 3.8) is 0 Å². The largest absolute Gasteiger partial charge is 0.416 e. The van der Waals surface area contributed by atoms with Crippen LogP contribution in [0.25, 0.3) is 0 Å². The van der Waals surface area contributed by atoms with Crippen molar-refractivity contribution in [1.29, 1.82) is 0 Å². The molecule has 0 radical (unpaired) electrons. The third-order valence-electron chi connectivity index (χ3n) is 5.67. The van der Waals surface area contributed by atoms with Gasteiger partial charge in [-0.05, 0) is 70.9 Å². The molecule has 0 atom stereocenters. The highest BCUT2D eigenvalue weighted by Crippen LogP contribution is 2.35. The van der Waals surface area contributed by atoms with Crippen LogP contribution in [-0.4, -0.2) is 0 Å². The SMILES string of the molecule is CCCCc1ccc(C(F)(F)F)cc1C(C)(C)C.CCCCc1ccccc1C(C)(C)C. The van der Waals surface area contributed by atoms with Crippen molar-refractivity contribution in [2.24, 2.45) is 0 Å². The van der Waals surface area contributed by atoms with E-state index < -0.39 is 11.7 Å². The fourth-order valence-electron chi connectivity index (χ4n) is 3.87. The monoisotopic (exact) mass is 448 g/mol. The molecule has 0 nitrogen and oxygen atoms in total. The first kappa shape index (κ1) is 28.3. The van der Waals surface area contributed by atoms with Crippen molar-refractivity contribution >= 4 is 0 Å². The molecule has 0 aliphatic heterocycles. The minimum absolute atomic E-state index is 0.260. The Balaban J connectivity index is 0.000000330. The lowest BCUT2D eigenvalue weighted by Gasteiger charge is -2.24. The van der Waals surface area contributed by atoms with Gasteiger partial charge in [0.05, 0.1) is 5.56 Å². The number of alkyl halides is 3. The molecule has 32 heavy (non-hydrogen) atoms. The van der Waals surface area contributed by atoms with E-state index in [1.54, 1.807) is 6.07 Å². The second-order valence-electron chi connectivity index (χ2n) is 10.7. The van der Waals surface area contributed by atoms with Crippen LogP contribution in [0.2, 0.25) is 0 Å². The second-order valence-corrected chi connectivity index (χ2v) is 10.7. The highest BCUT2D eigenvalue weighted by Gasteiger charge is 2.32. The Morgan fingerprint density at radius 2 is 1.09 bits per heavy atom. The molecule has 0 aliphatic rings. The zero-order valence-corrected chi connectivity index (χ0v) is 21.4. The van der Waals surface area contributed by atoms with E-state index in [2.05, 4.69) is 58.9 Å². The second kappa shape index (κ2) is 11.9. The molecule has 0 unspecified atom stereocenters. The molecule has 0 heterocycles. The molecule has 2 aromatic rings. The van der Waals surface area contributed by atoms with Gasteiger partial charge in [-0.25, -0.2) is 0 Å². The van der Waals surface area contributed by atoms with Crippen LogP contribution in [0.15, 0.2) is 42.5 Å². The smallest absolute Gasteiger partial charge is 0.166 e. The maximum Gasteiger partial charge on any atom is 0.416 e. The molecule has 2 aromatic carbocycles. The summed E-state index contributed by atoms with van der Waals surface area (Å²) in [6.07, 6.45) is 2.44.